The van der Waals surface area contributed by atoms with Crippen molar-refractivity contribution in [2.24, 2.45) is 5.41 Å². The van der Waals surface area contributed by atoms with E-state index >= 15 is 0 Å². The molecule has 0 aliphatic heterocycles. The van der Waals surface area contributed by atoms with E-state index in [9.17, 15) is 5.11 Å². The predicted octanol–water partition coefficient (Wildman–Crippen LogP) is 0.0537. The molecule has 1 aliphatic carbocycles. The summed E-state index contributed by atoms with van der Waals surface area (Å²) in [7, 11) is 0. The first-order valence-electron chi connectivity index (χ1n) is 4.86. The Morgan fingerprint density at radius 1 is 1.71 bits per heavy atom. The zero-order valence-corrected chi connectivity index (χ0v) is 8.49. The van der Waals surface area contributed by atoms with E-state index in [0.29, 0.717) is 12.6 Å². The number of aromatic amines is 1. The summed E-state index contributed by atoms with van der Waals surface area (Å²) in [6.45, 7) is 4.82. The quantitative estimate of drug-likeness (QED) is 0.639. The average molecular weight is 196 g/mol. The van der Waals surface area contributed by atoms with Crippen LogP contribution in [0.2, 0.25) is 0 Å². The summed E-state index contributed by atoms with van der Waals surface area (Å²) in [4.78, 5) is 4.02. The number of hydrogen-bond donors (Lipinski definition) is 3. The molecule has 0 aromatic carbocycles. The van der Waals surface area contributed by atoms with Crippen LogP contribution in [0.4, 0.5) is 0 Å². The maximum atomic E-state index is 9.53. The fourth-order valence-electron chi connectivity index (χ4n) is 1.78. The molecule has 5 heteroatoms. The van der Waals surface area contributed by atoms with Crippen LogP contribution < -0.4 is 5.32 Å². The highest BCUT2D eigenvalue weighted by Gasteiger charge is 2.46. The third kappa shape index (κ3) is 1.53. The minimum Gasteiger partial charge on any atom is -0.392 e. The fourth-order valence-corrected chi connectivity index (χ4v) is 1.78. The molecule has 0 radical (unpaired) electrons. The number of hydrogen-bond acceptors (Lipinski definition) is 4. The third-order valence-corrected chi connectivity index (χ3v) is 3.20. The van der Waals surface area contributed by atoms with Crippen molar-refractivity contribution >= 4 is 0 Å². The molecule has 3 N–H and O–H groups in total. The van der Waals surface area contributed by atoms with Gasteiger partial charge in [-0.1, -0.05) is 13.8 Å². The van der Waals surface area contributed by atoms with Crippen molar-refractivity contribution in [2.75, 3.05) is 0 Å². The number of rotatable bonds is 3. The second-order valence-corrected chi connectivity index (χ2v) is 4.44. The molecule has 0 amide bonds. The minimum absolute atomic E-state index is 0.0278. The molecule has 14 heavy (non-hydrogen) atoms. The zero-order valence-electron chi connectivity index (χ0n) is 8.49. The summed E-state index contributed by atoms with van der Waals surface area (Å²) in [5, 5.41) is 19.4. The van der Waals surface area contributed by atoms with E-state index in [-0.39, 0.29) is 11.5 Å². The van der Waals surface area contributed by atoms with Crippen molar-refractivity contribution < 1.29 is 5.11 Å². The second-order valence-electron chi connectivity index (χ2n) is 4.44. The summed E-state index contributed by atoms with van der Waals surface area (Å²) in [5.74, 6) is 0.835. The van der Waals surface area contributed by atoms with Gasteiger partial charge in [-0.15, -0.1) is 0 Å². The van der Waals surface area contributed by atoms with Crippen LogP contribution >= 0.6 is 0 Å². The first kappa shape index (κ1) is 9.61. The van der Waals surface area contributed by atoms with Gasteiger partial charge in [-0.25, -0.2) is 4.98 Å². The molecule has 1 aromatic rings. The van der Waals surface area contributed by atoms with Crippen molar-refractivity contribution in [1.82, 2.24) is 20.5 Å². The highest BCUT2D eigenvalue weighted by Crippen LogP contribution is 2.40. The average Bonchev–Trinajstić information content (AvgIpc) is 2.64. The number of H-pyrrole nitrogens is 1. The van der Waals surface area contributed by atoms with Crippen LogP contribution in [-0.4, -0.2) is 32.4 Å². The molecular formula is C9H16N4O. The molecule has 1 heterocycles. The maximum Gasteiger partial charge on any atom is 0.138 e. The van der Waals surface area contributed by atoms with Gasteiger partial charge in [0, 0.05) is 11.5 Å². The summed E-state index contributed by atoms with van der Waals surface area (Å²) in [6, 6.07) is 0.364. The van der Waals surface area contributed by atoms with Crippen LogP contribution in [0, 0.1) is 5.41 Å². The lowest BCUT2D eigenvalue weighted by Gasteiger charge is -2.49. The van der Waals surface area contributed by atoms with Gasteiger partial charge in [-0.2, -0.15) is 5.10 Å². The zero-order chi connectivity index (χ0) is 10.2. The van der Waals surface area contributed by atoms with Gasteiger partial charge in [-0.05, 0) is 6.42 Å². The minimum atomic E-state index is -0.185. The van der Waals surface area contributed by atoms with Crippen molar-refractivity contribution in [3.63, 3.8) is 0 Å². The first-order chi connectivity index (χ1) is 6.60. The van der Waals surface area contributed by atoms with Gasteiger partial charge < -0.3 is 10.4 Å². The maximum absolute atomic E-state index is 9.53. The van der Waals surface area contributed by atoms with Gasteiger partial charge in [0.25, 0.3) is 0 Å². The monoisotopic (exact) mass is 196 g/mol. The molecule has 1 saturated carbocycles. The van der Waals surface area contributed by atoms with Crippen LogP contribution in [0.15, 0.2) is 6.33 Å². The Morgan fingerprint density at radius 2 is 2.50 bits per heavy atom. The molecule has 1 aromatic heterocycles. The smallest absolute Gasteiger partial charge is 0.138 e. The Bertz CT molecular complexity index is 296. The number of aliphatic hydroxyl groups is 1. The number of aromatic nitrogens is 3. The molecular weight excluding hydrogens is 180 g/mol. The van der Waals surface area contributed by atoms with Gasteiger partial charge in [0.1, 0.15) is 12.2 Å². The van der Waals surface area contributed by atoms with Gasteiger partial charge in [0.15, 0.2) is 0 Å². The van der Waals surface area contributed by atoms with Crippen molar-refractivity contribution in [1.29, 1.82) is 0 Å². The first-order valence-corrected chi connectivity index (χ1v) is 4.86. The summed E-state index contributed by atoms with van der Waals surface area (Å²) >= 11 is 0. The van der Waals surface area contributed by atoms with Crippen LogP contribution in [0.25, 0.3) is 0 Å². The molecule has 0 spiro atoms. The van der Waals surface area contributed by atoms with Crippen molar-refractivity contribution in [2.45, 2.75) is 39.0 Å². The lowest BCUT2D eigenvalue weighted by molar-refractivity contribution is -0.0731. The number of nitrogens with zero attached hydrogens (tertiary/aromatic N) is 2. The largest absolute Gasteiger partial charge is 0.392 e. The van der Waals surface area contributed by atoms with Crippen molar-refractivity contribution in [3.05, 3.63) is 12.2 Å². The van der Waals surface area contributed by atoms with E-state index in [1.807, 2.05) is 0 Å². The Labute approximate surface area is 82.9 Å². The van der Waals surface area contributed by atoms with Crippen molar-refractivity contribution in [3.8, 4) is 0 Å². The number of aliphatic hydroxyl groups excluding tert-OH is 1. The summed E-state index contributed by atoms with van der Waals surface area (Å²) in [5.41, 5.74) is -0.0278. The Kier molecular flexibility index (Phi) is 2.28. The standard InChI is InChI=1S/C9H16N4O/c1-9(2)6(3-7(9)14)10-4-8-11-5-12-13-8/h5-7,10,14H,3-4H2,1-2H3,(H,11,12,13). The van der Waals surface area contributed by atoms with Crippen LogP contribution in [0.1, 0.15) is 26.1 Å². The fraction of sp³-hybridized carbons (Fsp3) is 0.778. The van der Waals surface area contributed by atoms with Crippen LogP contribution in [-0.2, 0) is 6.54 Å². The van der Waals surface area contributed by atoms with E-state index in [1.165, 1.54) is 6.33 Å². The molecule has 1 fully saturated rings. The molecule has 2 unspecified atom stereocenters. The van der Waals surface area contributed by atoms with E-state index in [2.05, 4.69) is 34.3 Å². The van der Waals surface area contributed by atoms with E-state index in [0.717, 1.165) is 12.2 Å². The summed E-state index contributed by atoms with van der Waals surface area (Å²) in [6.07, 6.45) is 2.13. The highest BCUT2D eigenvalue weighted by atomic mass is 16.3. The molecule has 2 rings (SSSR count). The van der Waals surface area contributed by atoms with E-state index in [4.69, 9.17) is 0 Å². The van der Waals surface area contributed by atoms with Gasteiger partial charge in [-0.3, -0.25) is 5.10 Å². The lowest BCUT2D eigenvalue weighted by atomic mass is 9.64. The third-order valence-electron chi connectivity index (χ3n) is 3.20. The Morgan fingerprint density at radius 3 is 3.00 bits per heavy atom. The topological polar surface area (TPSA) is 73.8 Å². The Hall–Kier alpha value is -0.940. The van der Waals surface area contributed by atoms with E-state index in [1.54, 1.807) is 0 Å². The highest BCUT2D eigenvalue weighted by molar-refractivity contribution is 5.02. The lowest BCUT2D eigenvalue weighted by Crippen LogP contribution is -2.59. The second kappa shape index (κ2) is 3.33. The van der Waals surface area contributed by atoms with Gasteiger partial charge in [0.05, 0.1) is 12.6 Å². The normalized spacial score (nSPS) is 29.9. The summed E-state index contributed by atoms with van der Waals surface area (Å²) < 4.78 is 0. The molecule has 1 aliphatic rings. The SMILES string of the molecule is CC1(C)C(O)CC1NCc1ncn[nH]1. The molecule has 78 valence electrons. The Balaban J connectivity index is 1.83. The van der Waals surface area contributed by atoms with Gasteiger partial charge in [0.2, 0.25) is 0 Å². The van der Waals surface area contributed by atoms with Gasteiger partial charge >= 0.3 is 0 Å². The molecule has 0 saturated heterocycles. The van der Waals surface area contributed by atoms with Crippen LogP contribution in [0.3, 0.4) is 0 Å². The number of nitrogens with one attached hydrogen (secondary N) is 2. The molecule has 2 atom stereocenters. The van der Waals surface area contributed by atoms with E-state index < -0.39 is 0 Å². The predicted molar refractivity (Wildman–Crippen MR) is 51.4 cm³/mol. The molecule has 5 nitrogen and oxygen atoms in total. The molecule has 0 bridgehead atoms. The van der Waals surface area contributed by atoms with Crippen LogP contribution in [0.5, 0.6) is 0 Å².